The molecule has 0 saturated carbocycles. The molecule has 124 valence electrons. The molecule has 0 unspecified atom stereocenters. The summed E-state index contributed by atoms with van der Waals surface area (Å²) >= 11 is 6.98. The Morgan fingerprint density at radius 2 is 1.96 bits per heavy atom. The molecule has 1 saturated heterocycles. The van der Waals surface area contributed by atoms with Crippen molar-refractivity contribution in [2.45, 2.75) is 20.3 Å². The molecule has 0 atom stereocenters. The van der Waals surface area contributed by atoms with E-state index in [1.807, 2.05) is 12.1 Å². The molecule has 5 heteroatoms. The third kappa shape index (κ3) is 3.91. The molecule has 1 amide bonds. The maximum atomic E-state index is 12.5. The van der Waals surface area contributed by atoms with Crippen LogP contribution >= 0.6 is 23.6 Å². The first kappa shape index (κ1) is 16.9. The molecule has 1 N–H and O–H groups in total. The van der Waals surface area contributed by atoms with Crippen LogP contribution in [0.25, 0.3) is 6.08 Å². The monoisotopic (exact) mass is 356 g/mol. The lowest BCUT2D eigenvalue weighted by Crippen LogP contribution is -2.33. The number of nitrogens with one attached hydrogen (secondary N) is 1. The summed E-state index contributed by atoms with van der Waals surface area (Å²) < 4.78 is 0. The minimum absolute atomic E-state index is 0.0355. The van der Waals surface area contributed by atoms with Crippen LogP contribution in [0, 0.1) is 5.92 Å². The predicted molar refractivity (Wildman–Crippen MR) is 104 cm³/mol. The normalized spacial score (nSPS) is 16.3. The van der Waals surface area contributed by atoms with E-state index in [0.29, 0.717) is 23.3 Å². The van der Waals surface area contributed by atoms with Gasteiger partial charge < -0.3 is 5.32 Å². The molecule has 2 heterocycles. The quantitative estimate of drug-likeness (QED) is 0.648. The van der Waals surface area contributed by atoms with E-state index < -0.39 is 0 Å². The Hall–Kier alpha value is -1.98. The molecule has 3 nitrogen and oxygen atoms in total. The number of benzene rings is 1. The van der Waals surface area contributed by atoms with Crippen molar-refractivity contribution in [2.75, 3.05) is 6.54 Å². The van der Waals surface area contributed by atoms with Gasteiger partial charge in [0.1, 0.15) is 5.70 Å². The zero-order chi connectivity index (χ0) is 17.1. The number of amides is 1. The first-order chi connectivity index (χ1) is 11.5. The van der Waals surface area contributed by atoms with E-state index in [2.05, 4.69) is 55.6 Å². The van der Waals surface area contributed by atoms with Crippen LogP contribution in [0.2, 0.25) is 0 Å². The number of hydrogen-bond acceptors (Lipinski definition) is 3. The number of thiophene rings is 1. The summed E-state index contributed by atoms with van der Waals surface area (Å²) in [5.74, 6) is 0.346. The van der Waals surface area contributed by atoms with Crippen molar-refractivity contribution < 1.29 is 4.79 Å². The number of carbonyl (C=O) groups excluding carboxylic acids is 1. The van der Waals surface area contributed by atoms with E-state index in [1.54, 1.807) is 16.2 Å². The van der Waals surface area contributed by atoms with Crippen molar-refractivity contribution >= 4 is 40.7 Å². The molecule has 1 aromatic heterocycles. The van der Waals surface area contributed by atoms with Gasteiger partial charge in [0.15, 0.2) is 5.11 Å². The molecule has 0 radical (unpaired) electrons. The summed E-state index contributed by atoms with van der Waals surface area (Å²) in [5.41, 5.74) is 1.85. The fourth-order valence-corrected chi connectivity index (χ4v) is 3.87. The van der Waals surface area contributed by atoms with E-state index in [0.717, 1.165) is 11.3 Å². The average molecular weight is 357 g/mol. The summed E-state index contributed by atoms with van der Waals surface area (Å²) in [6.45, 7) is 4.80. The van der Waals surface area contributed by atoms with Gasteiger partial charge in [-0.1, -0.05) is 44.2 Å². The van der Waals surface area contributed by atoms with Gasteiger partial charge in [-0.15, -0.1) is 11.3 Å². The van der Waals surface area contributed by atoms with Crippen LogP contribution in [0.4, 0.5) is 0 Å². The number of thiocarbonyl (C=S) groups is 1. The topological polar surface area (TPSA) is 32.3 Å². The van der Waals surface area contributed by atoms with E-state index in [9.17, 15) is 4.79 Å². The molecule has 24 heavy (non-hydrogen) atoms. The van der Waals surface area contributed by atoms with Crippen LogP contribution in [0.3, 0.4) is 0 Å². The highest BCUT2D eigenvalue weighted by Crippen LogP contribution is 2.23. The van der Waals surface area contributed by atoms with Crippen LogP contribution in [0.15, 0.2) is 48.2 Å². The van der Waals surface area contributed by atoms with Crippen LogP contribution < -0.4 is 5.32 Å². The Morgan fingerprint density at radius 3 is 2.67 bits per heavy atom. The molecule has 1 fully saturated rings. The van der Waals surface area contributed by atoms with Crippen molar-refractivity contribution in [3.05, 3.63) is 63.5 Å². The van der Waals surface area contributed by atoms with Gasteiger partial charge in [-0.25, -0.2) is 0 Å². The SMILES string of the molecule is CC(C)CN1C(=O)/C(=C\c2ccc(Cc3ccccc3)s2)NC1=S. The fourth-order valence-electron chi connectivity index (χ4n) is 2.61. The van der Waals surface area contributed by atoms with Crippen LogP contribution in [-0.2, 0) is 11.2 Å². The van der Waals surface area contributed by atoms with Crippen LogP contribution in [0.1, 0.15) is 29.2 Å². The molecule has 1 aromatic carbocycles. The Bertz CT molecular complexity index is 778. The van der Waals surface area contributed by atoms with Crippen LogP contribution in [0.5, 0.6) is 0 Å². The van der Waals surface area contributed by atoms with Gasteiger partial charge in [0, 0.05) is 22.7 Å². The zero-order valence-electron chi connectivity index (χ0n) is 13.8. The molecule has 3 rings (SSSR count). The Kier molecular flexibility index (Phi) is 5.11. The van der Waals surface area contributed by atoms with Crippen LogP contribution in [-0.4, -0.2) is 22.5 Å². The smallest absolute Gasteiger partial charge is 0.276 e. The standard InChI is InChI=1S/C19H20N2OS2/c1-13(2)12-21-18(22)17(20-19(21)23)11-16-9-8-15(24-16)10-14-6-4-3-5-7-14/h3-9,11,13H,10,12H2,1-2H3,(H,20,23)/b17-11+. The molecule has 0 spiro atoms. The lowest BCUT2D eigenvalue weighted by molar-refractivity contribution is -0.122. The summed E-state index contributed by atoms with van der Waals surface area (Å²) in [7, 11) is 0. The maximum Gasteiger partial charge on any atom is 0.276 e. The second kappa shape index (κ2) is 7.28. The average Bonchev–Trinajstić information content (AvgIpc) is 3.08. The second-order valence-electron chi connectivity index (χ2n) is 6.26. The van der Waals surface area contributed by atoms with E-state index in [4.69, 9.17) is 12.2 Å². The third-order valence-corrected chi connectivity index (χ3v) is 5.05. The van der Waals surface area contributed by atoms with Gasteiger partial charge in [-0.2, -0.15) is 0 Å². The van der Waals surface area contributed by atoms with Crippen molar-refractivity contribution in [3.63, 3.8) is 0 Å². The highest BCUT2D eigenvalue weighted by atomic mass is 32.1. The summed E-state index contributed by atoms with van der Waals surface area (Å²) in [6.07, 6.45) is 2.81. The third-order valence-electron chi connectivity index (χ3n) is 3.70. The fraction of sp³-hybridized carbons (Fsp3) is 0.263. The molecular formula is C19H20N2OS2. The molecule has 1 aliphatic rings. The predicted octanol–water partition coefficient (Wildman–Crippen LogP) is 4.05. The lowest BCUT2D eigenvalue weighted by Gasteiger charge is -2.15. The van der Waals surface area contributed by atoms with Gasteiger partial charge >= 0.3 is 0 Å². The van der Waals surface area contributed by atoms with Gasteiger partial charge in [0.25, 0.3) is 5.91 Å². The Morgan fingerprint density at radius 1 is 1.21 bits per heavy atom. The molecule has 0 aliphatic carbocycles. The first-order valence-electron chi connectivity index (χ1n) is 8.00. The first-order valence-corrected chi connectivity index (χ1v) is 9.22. The molecule has 0 bridgehead atoms. The highest BCUT2D eigenvalue weighted by molar-refractivity contribution is 7.80. The van der Waals surface area contributed by atoms with E-state index in [1.165, 1.54) is 10.4 Å². The van der Waals surface area contributed by atoms with Crippen molar-refractivity contribution in [1.29, 1.82) is 0 Å². The lowest BCUT2D eigenvalue weighted by atomic mass is 10.1. The maximum absolute atomic E-state index is 12.5. The molecule has 1 aliphatic heterocycles. The van der Waals surface area contributed by atoms with Gasteiger partial charge in [0.05, 0.1) is 0 Å². The van der Waals surface area contributed by atoms with E-state index >= 15 is 0 Å². The summed E-state index contributed by atoms with van der Waals surface area (Å²) in [6, 6.07) is 14.6. The minimum atomic E-state index is -0.0355. The molecule has 2 aromatic rings. The van der Waals surface area contributed by atoms with Gasteiger partial charge in [-0.05, 0) is 41.9 Å². The van der Waals surface area contributed by atoms with Crippen molar-refractivity contribution in [1.82, 2.24) is 10.2 Å². The number of carbonyl (C=O) groups is 1. The van der Waals surface area contributed by atoms with Crippen molar-refractivity contribution in [3.8, 4) is 0 Å². The zero-order valence-corrected chi connectivity index (χ0v) is 15.4. The Labute approximate surface area is 152 Å². The highest BCUT2D eigenvalue weighted by Gasteiger charge is 2.30. The number of rotatable bonds is 5. The van der Waals surface area contributed by atoms with Crippen molar-refractivity contribution in [2.24, 2.45) is 5.92 Å². The van der Waals surface area contributed by atoms with E-state index in [-0.39, 0.29) is 5.91 Å². The van der Waals surface area contributed by atoms with Gasteiger partial charge in [0.2, 0.25) is 0 Å². The number of nitrogens with zero attached hydrogens (tertiary/aromatic N) is 1. The summed E-state index contributed by atoms with van der Waals surface area (Å²) in [5, 5.41) is 3.54. The summed E-state index contributed by atoms with van der Waals surface area (Å²) in [4.78, 5) is 16.4. The second-order valence-corrected chi connectivity index (χ2v) is 7.85. The molecular weight excluding hydrogens is 336 g/mol. The minimum Gasteiger partial charge on any atom is -0.328 e. The number of hydrogen-bond donors (Lipinski definition) is 1. The Balaban J connectivity index is 1.73. The van der Waals surface area contributed by atoms with Gasteiger partial charge in [-0.3, -0.25) is 9.69 Å². The largest absolute Gasteiger partial charge is 0.328 e.